The Morgan fingerprint density at radius 2 is 1.94 bits per heavy atom. The van der Waals surface area contributed by atoms with Gasteiger partial charge in [-0.3, -0.25) is 0 Å². The van der Waals surface area contributed by atoms with E-state index in [2.05, 4.69) is 5.32 Å². The van der Waals surface area contributed by atoms with Crippen molar-refractivity contribution in [3.05, 3.63) is 0 Å². The van der Waals surface area contributed by atoms with E-state index in [0.29, 0.717) is 19.6 Å². The van der Waals surface area contributed by atoms with E-state index in [1.807, 2.05) is 6.92 Å². The Balaban J connectivity index is 3.92. The van der Waals surface area contributed by atoms with Gasteiger partial charge in [0.2, 0.25) is 0 Å². The molecule has 0 unspecified atom stereocenters. The summed E-state index contributed by atoms with van der Waals surface area (Å²) in [6.07, 6.45) is 1.69. The fourth-order valence-corrected chi connectivity index (χ4v) is 1.13. The molecule has 0 aliphatic heterocycles. The SMILES string of the molecule is CCCOCCCNC(=O)N(C)C(C)(C)C(=O)O. The van der Waals surface area contributed by atoms with Crippen molar-refractivity contribution in [2.45, 2.75) is 39.2 Å². The van der Waals surface area contributed by atoms with Crippen molar-refractivity contribution < 1.29 is 19.4 Å². The second-order valence-electron chi connectivity index (χ2n) is 4.62. The van der Waals surface area contributed by atoms with E-state index in [4.69, 9.17) is 9.84 Å². The van der Waals surface area contributed by atoms with Crippen LogP contribution in [0.4, 0.5) is 4.79 Å². The molecule has 0 aliphatic rings. The highest BCUT2D eigenvalue weighted by Crippen LogP contribution is 2.12. The van der Waals surface area contributed by atoms with Crippen LogP contribution in [0.5, 0.6) is 0 Å². The monoisotopic (exact) mass is 260 g/mol. The smallest absolute Gasteiger partial charge is 0.329 e. The first-order valence-electron chi connectivity index (χ1n) is 6.16. The van der Waals surface area contributed by atoms with Gasteiger partial charge in [-0.2, -0.15) is 0 Å². The zero-order valence-corrected chi connectivity index (χ0v) is 11.7. The number of rotatable bonds is 8. The van der Waals surface area contributed by atoms with Crippen LogP contribution in [0.15, 0.2) is 0 Å². The first-order valence-corrected chi connectivity index (χ1v) is 6.16. The quantitative estimate of drug-likeness (QED) is 0.645. The average Bonchev–Trinajstić information content (AvgIpc) is 2.32. The maximum Gasteiger partial charge on any atom is 0.329 e. The molecule has 0 radical (unpaired) electrons. The van der Waals surface area contributed by atoms with Gasteiger partial charge < -0.3 is 20.1 Å². The second-order valence-corrected chi connectivity index (χ2v) is 4.62. The lowest BCUT2D eigenvalue weighted by Crippen LogP contribution is -2.54. The molecule has 0 aromatic heterocycles. The number of nitrogens with one attached hydrogen (secondary N) is 1. The predicted octanol–water partition coefficient (Wildman–Crippen LogP) is 1.31. The summed E-state index contributed by atoms with van der Waals surface area (Å²) < 4.78 is 5.27. The molecule has 0 aromatic rings. The number of carbonyl (C=O) groups excluding carboxylic acids is 1. The summed E-state index contributed by atoms with van der Waals surface area (Å²) >= 11 is 0. The van der Waals surface area contributed by atoms with Crippen LogP contribution in [0.2, 0.25) is 0 Å². The van der Waals surface area contributed by atoms with E-state index in [0.717, 1.165) is 13.0 Å². The van der Waals surface area contributed by atoms with Gasteiger partial charge in [0.05, 0.1) is 0 Å². The van der Waals surface area contributed by atoms with Crippen LogP contribution in [-0.4, -0.2) is 54.4 Å². The van der Waals surface area contributed by atoms with Gasteiger partial charge in [0.25, 0.3) is 0 Å². The van der Waals surface area contributed by atoms with Crippen molar-refractivity contribution in [3.63, 3.8) is 0 Å². The molecule has 0 saturated heterocycles. The minimum Gasteiger partial charge on any atom is -0.480 e. The van der Waals surface area contributed by atoms with E-state index in [1.165, 1.54) is 25.8 Å². The third-order valence-corrected chi connectivity index (χ3v) is 2.76. The van der Waals surface area contributed by atoms with Gasteiger partial charge in [0, 0.05) is 26.8 Å². The molecule has 0 atom stereocenters. The summed E-state index contributed by atoms with van der Waals surface area (Å²) in [5.74, 6) is -1.04. The molecule has 0 fully saturated rings. The van der Waals surface area contributed by atoms with Crippen molar-refractivity contribution in [1.82, 2.24) is 10.2 Å². The Kier molecular flexibility index (Phi) is 7.35. The number of hydrogen-bond donors (Lipinski definition) is 2. The molecule has 0 heterocycles. The standard InChI is InChI=1S/C12H24N2O4/c1-5-8-18-9-6-7-13-11(17)14(4)12(2,3)10(15)16/h5-9H2,1-4H3,(H,13,17)(H,15,16). The summed E-state index contributed by atoms with van der Waals surface area (Å²) in [7, 11) is 1.47. The number of ether oxygens (including phenoxy) is 1. The third-order valence-electron chi connectivity index (χ3n) is 2.76. The topological polar surface area (TPSA) is 78.9 Å². The molecule has 2 amide bonds. The molecule has 0 rings (SSSR count). The minimum atomic E-state index is -1.22. The van der Waals surface area contributed by atoms with Crippen LogP contribution in [-0.2, 0) is 9.53 Å². The number of carboxylic acid groups (broad SMARTS) is 1. The zero-order valence-electron chi connectivity index (χ0n) is 11.7. The van der Waals surface area contributed by atoms with Crippen LogP contribution < -0.4 is 5.32 Å². The predicted molar refractivity (Wildman–Crippen MR) is 68.6 cm³/mol. The van der Waals surface area contributed by atoms with Gasteiger partial charge >= 0.3 is 12.0 Å². The first-order chi connectivity index (χ1) is 8.34. The lowest BCUT2D eigenvalue weighted by atomic mass is 10.1. The normalized spacial score (nSPS) is 11.1. The van der Waals surface area contributed by atoms with E-state index >= 15 is 0 Å². The van der Waals surface area contributed by atoms with Crippen molar-refractivity contribution in [2.75, 3.05) is 26.8 Å². The van der Waals surface area contributed by atoms with Crippen LogP contribution in [0.3, 0.4) is 0 Å². The number of aliphatic carboxylic acids is 1. The van der Waals surface area contributed by atoms with Crippen molar-refractivity contribution in [2.24, 2.45) is 0 Å². The Morgan fingerprint density at radius 1 is 1.33 bits per heavy atom. The third kappa shape index (κ3) is 5.35. The first kappa shape index (κ1) is 16.7. The number of amides is 2. The Labute approximate surface area is 108 Å². The number of carboxylic acids is 1. The fourth-order valence-electron chi connectivity index (χ4n) is 1.13. The highest BCUT2D eigenvalue weighted by Gasteiger charge is 2.34. The van der Waals surface area contributed by atoms with Crippen molar-refractivity contribution in [3.8, 4) is 0 Å². The van der Waals surface area contributed by atoms with Crippen LogP contribution in [0.1, 0.15) is 33.6 Å². The van der Waals surface area contributed by atoms with Crippen LogP contribution >= 0.6 is 0 Å². The molecule has 2 N–H and O–H groups in total. The van der Waals surface area contributed by atoms with E-state index in [9.17, 15) is 9.59 Å². The molecule has 0 aromatic carbocycles. The molecule has 0 aliphatic carbocycles. The van der Waals surface area contributed by atoms with Crippen LogP contribution in [0, 0.1) is 0 Å². The number of carbonyl (C=O) groups is 2. The molecule has 0 bridgehead atoms. The minimum absolute atomic E-state index is 0.391. The Morgan fingerprint density at radius 3 is 2.44 bits per heavy atom. The van der Waals surface area contributed by atoms with Gasteiger partial charge in [-0.25, -0.2) is 9.59 Å². The number of urea groups is 1. The summed E-state index contributed by atoms with van der Waals surface area (Å²) in [6, 6.07) is -0.391. The summed E-state index contributed by atoms with van der Waals surface area (Å²) in [5, 5.41) is 11.7. The van der Waals surface area contributed by atoms with Gasteiger partial charge in [0.15, 0.2) is 0 Å². The molecule has 106 valence electrons. The second kappa shape index (κ2) is 7.92. The number of likely N-dealkylation sites (N-methyl/N-ethyl adjacent to an activating group) is 1. The maximum atomic E-state index is 11.7. The fraction of sp³-hybridized carbons (Fsp3) is 0.833. The van der Waals surface area contributed by atoms with Gasteiger partial charge in [-0.05, 0) is 26.7 Å². The number of hydrogen-bond acceptors (Lipinski definition) is 3. The largest absolute Gasteiger partial charge is 0.480 e. The molecular weight excluding hydrogens is 236 g/mol. The zero-order chi connectivity index (χ0) is 14.2. The highest BCUT2D eigenvalue weighted by molar-refractivity contribution is 5.85. The van der Waals surface area contributed by atoms with Crippen molar-refractivity contribution in [1.29, 1.82) is 0 Å². The molecule has 18 heavy (non-hydrogen) atoms. The molecule has 6 nitrogen and oxygen atoms in total. The molecule has 6 heteroatoms. The summed E-state index contributed by atoms with van der Waals surface area (Å²) in [4.78, 5) is 23.8. The lowest BCUT2D eigenvalue weighted by molar-refractivity contribution is -0.146. The summed E-state index contributed by atoms with van der Waals surface area (Å²) in [6.45, 7) is 6.80. The van der Waals surface area contributed by atoms with Crippen LogP contribution in [0.25, 0.3) is 0 Å². The van der Waals surface area contributed by atoms with E-state index in [-0.39, 0.29) is 0 Å². The Bertz CT molecular complexity index is 279. The van der Waals surface area contributed by atoms with Gasteiger partial charge in [0.1, 0.15) is 5.54 Å². The van der Waals surface area contributed by atoms with Gasteiger partial charge in [-0.1, -0.05) is 6.92 Å². The number of nitrogens with zero attached hydrogens (tertiary/aromatic N) is 1. The highest BCUT2D eigenvalue weighted by atomic mass is 16.5. The summed E-state index contributed by atoms with van der Waals surface area (Å²) in [5.41, 5.74) is -1.22. The average molecular weight is 260 g/mol. The molecular formula is C12H24N2O4. The van der Waals surface area contributed by atoms with E-state index < -0.39 is 17.5 Å². The van der Waals surface area contributed by atoms with Crippen molar-refractivity contribution >= 4 is 12.0 Å². The van der Waals surface area contributed by atoms with E-state index in [1.54, 1.807) is 0 Å². The Hall–Kier alpha value is -1.30. The van der Waals surface area contributed by atoms with Gasteiger partial charge in [-0.15, -0.1) is 0 Å². The molecule has 0 spiro atoms. The lowest BCUT2D eigenvalue weighted by Gasteiger charge is -2.31. The maximum absolute atomic E-state index is 11.7. The molecule has 0 saturated carbocycles.